The van der Waals surface area contributed by atoms with Crippen LogP contribution in [0.4, 0.5) is 0 Å². The smallest absolute Gasteiger partial charge is 0.0436 e. The zero-order valence-electron chi connectivity index (χ0n) is 13.2. The van der Waals surface area contributed by atoms with Crippen molar-refractivity contribution in [2.24, 2.45) is 10.8 Å². The van der Waals surface area contributed by atoms with Crippen LogP contribution < -0.4 is 5.32 Å². The summed E-state index contributed by atoms with van der Waals surface area (Å²) in [5, 5.41) is 13.0. The van der Waals surface area contributed by atoms with Gasteiger partial charge in [0.15, 0.2) is 0 Å². The van der Waals surface area contributed by atoms with Gasteiger partial charge in [-0.1, -0.05) is 51.1 Å². The van der Waals surface area contributed by atoms with E-state index in [-0.39, 0.29) is 0 Å². The lowest BCUT2D eigenvalue weighted by Gasteiger charge is -2.29. The summed E-state index contributed by atoms with van der Waals surface area (Å²) in [4.78, 5) is 0. The summed E-state index contributed by atoms with van der Waals surface area (Å²) in [6.07, 6.45) is 4.60. The Kier molecular flexibility index (Phi) is 4.87. The van der Waals surface area contributed by atoms with Crippen LogP contribution in [-0.2, 0) is 0 Å². The van der Waals surface area contributed by atoms with E-state index in [1.807, 2.05) is 0 Å². The first-order valence-electron chi connectivity index (χ1n) is 7.83. The highest BCUT2D eigenvalue weighted by atomic mass is 16.3. The average molecular weight is 275 g/mol. The van der Waals surface area contributed by atoms with Crippen molar-refractivity contribution in [3.63, 3.8) is 0 Å². The van der Waals surface area contributed by atoms with Gasteiger partial charge >= 0.3 is 0 Å². The molecule has 0 spiro atoms. The van der Waals surface area contributed by atoms with Gasteiger partial charge in [0.1, 0.15) is 0 Å². The molecule has 2 N–H and O–H groups in total. The molecule has 0 aromatic heterocycles. The predicted octanol–water partition coefficient (Wildman–Crippen LogP) is 3.92. The number of aliphatic hydroxyl groups excluding tert-OH is 1. The van der Waals surface area contributed by atoms with Crippen LogP contribution in [0.3, 0.4) is 0 Å². The van der Waals surface area contributed by atoms with E-state index in [2.05, 4.69) is 56.4 Å². The van der Waals surface area contributed by atoms with Crippen LogP contribution in [0.2, 0.25) is 0 Å². The summed E-state index contributed by atoms with van der Waals surface area (Å²) >= 11 is 0. The second-order valence-electron chi connectivity index (χ2n) is 7.58. The fraction of sp³-hybridized carbons (Fsp3) is 0.667. The van der Waals surface area contributed by atoms with E-state index in [1.54, 1.807) is 0 Å². The van der Waals surface area contributed by atoms with Crippen molar-refractivity contribution in [2.75, 3.05) is 13.2 Å². The molecule has 1 unspecified atom stereocenters. The highest BCUT2D eigenvalue weighted by Gasteiger charge is 2.41. The SMILES string of the molecule is CC(C)(C)CC(NCC1(CCO)CC1)c1ccccc1. The van der Waals surface area contributed by atoms with E-state index < -0.39 is 0 Å². The minimum absolute atomic E-state index is 0.307. The Morgan fingerprint density at radius 3 is 2.35 bits per heavy atom. The van der Waals surface area contributed by atoms with Gasteiger partial charge in [-0.05, 0) is 42.1 Å². The molecule has 0 bridgehead atoms. The Morgan fingerprint density at radius 1 is 1.20 bits per heavy atom. The van der Waals surface area contributed by atoms with Crippen molar-refractivity contribution in [3.8, 4) is 0 Å². The van der Waals surface area contributed by atoms with E-state index in [1.165, 1.54) is 18.4 Å². The number of rotatable bonds is 7. The Bertz CT molecular complexity index is 403. The maximum atomic E-state index is 9.18. The summed E-state index contributed by atoms with van der Waals surface area (Å²) in [5.41, 5.74) is 2.06. The molecule has 2 rings (SSSR count). The first-order valence-corrected chi connectivity index (χ1v) is 7.83. The molecule has 1 aromatic carbocycles. The maximum Gasteiger partial charge on any atom is 0.0436 e. The molecule has 2 heteroatoms. The number of hydrogen-bond donors (Lipinski definition) is 2. The monoisotopic (exact) mass is 275 g/mol. The molecule has 1 aliphatic carbocycles. The quantitative estimate of drug-likeness (QED) is 0.790. The summed E-state index contributed by atoms with van der Waals surface area (Å²) < 4.78 is 0. The Hall–Kier alpha value is -0.860. The lowest BCUT2D eigenvalue weighted by molar-refractivity contribution is 0.234. The first kappa shape index (κ1) is 15.5. The van der Waals surface area contributed by atoms with Crippen molar-refractivity contribution in [1.82, 2.24) is 5.32 Å². The topological polar surface area (TPSA) is 32.3 Å². The van der Waals surface area contributed by atoms with Crippen molar-refractivity contribution >= 4 is 0 Å². The van der Waals surface area contributed by atoms with Gasteiger partial charge in [-0.2, -0.15) is 0 Å². The molecule has 1 aliphatic rings. The number of hydrogen-bond acceptors (Lipinski definition) is 2. The zero-order chi connectivity index (χ0) is 14.6. The normalized spacial score (nSPS) is 18.8. The zero-order valence-corrected chi connectivity index (χ0v) is 13.2. The van der Waals surface area contributed by atoms with E-state index in [9.17, 15) is 5.11 Å². The summed E-state index contributed by atoms with van der Waals surface area (Å²) in [6, 6.07) is 11.2. The van der Waals surface area contributed by atoms with Crippen LogP contribution in [0.15, 0.2) is 30.3 Å². The minimum Gasteiger partial charge on any atom is -0.396 e. The molecule has 0 heterocycles. The van der Waals surface area contributed by atoms with Gasteiger partial charge in [0.2, 0.25) is 0 Å². The Morgan fingerprint density at radius 2 is 1.85 bits per heavy atom. The third-order valence-electron chi connectivity index (χ3n) is 4.34. The molecule has 0 amide bonds. The van der Waals surface area contributed by atoms with Crippen LogP contribution in [-0.4, -0.2) is 18.3 Å². The van der Waals surface area contributed by atoms with Crippen molar-refractivity contribution in [3.05, 3.63) is 35.9 Å². The van der Waals surface area contributed by atoms with Crippen LogP contribution in [0, 0.1) is 10.8 Å². The first-order chi connectivity index (χ1) is 9.44. The second-order valence-corrected chi connectivity index (χ2v) is 7.58. The molecule has 1 saturated carbocycles. The van der Waals surface area contributed by atoms with Crippen molar-refractivity contribution < 1.29 is 5.11 Å². The van der Waals surface area contributed by atoms with Gasteiger partial charge in [0.05, 0.1) is 0 Å². The predicted molar refractivity (Wildman–Crippen MR) is 84.6 cm³/mol. The van der Waals surface area contributed by atoms with E-state index in [0.29, 0.717) is 23.5 Å². The van der Waals surface area contributed by atoms with E-state index >= 15 is 0 Å². The van der Waals surface area contributed by atoms with Crippen molar-refractivity contribution in [1.29, 1.82) is 0 Å². The lowest BCUT2D eigenvalue weighted by Crippen LogP contribution is -2.31. The third kappa shape index (κ3) is 4.60. The second kappa shape index (κ2) is 6.28. The summed E-state index contributed by atoms with van der Waals surface area (Å²) in [5.74, 6) is 0. The standard InChI is InChI=1S/C18H29NO/c1-17(2,3)13-16(15-7-5-4-6-8-15)19-14-18(9-10-18)11-12-20/h4-8,16,19-20H,9-14H2,1-3H3. The minimum atomic E-state index is 0.307. The van der Waals surface area contributed by atoms with E-state index in [4.69, 9.17) is 0 Å². The number of nitrogens with one attached hydrogen (secondary N) is 1. The Labute approximate surface area is 123 Å². The fourth-order valence-electron chi connectivity index (χ4n) is 2.87. The van der Waals surface area contributed by atoms with Gasteiger partial charge in [0, 0.05) is 19.2 Å². The molecule has 1 fully saturated rings. The van der Waals surface area contributed by atoms with Gasteiger partial charge in [-0.15, -0.1) is 0 Å². The highest BCUT2D eigenvalue weighted by Crippen LogP contribution is 2.48. The van der Waals surface area contributed by atoms with Gasteiger partial charge in [0.25, 0.3) is 0 Å². The molecule has 0 aliphatic heterocycles. The fourth-order valence-corrected chi connectivity index (χ4v) is 2.87. The highest BCUT2D eigenvalue weighted by molar-refractivity contribution is 5.19. The van der Waals surface area contributed by atoms with Crippen LogP contribution in [0.5, 0.6) is 0 Å². The van der Waals surface area contributed by atoms with Gasteiger partial charge in [-0.25, -0.2) is 0 Å². The average Bonchev–Trinajstić information content (AvgIpc) is 3.15. The molecule has 1 aromatic rings. The molecule has 112 valence electrons. The lowest BCUT2D eigenvalue weighted by atomic mass is 9.85. The van der Waals surface area contributed by atoms with E-state index in [0.717, 1.165) is 19.4 Å². The van der Waals surface area contributed by atoms with Gasteiger partial charge < -0.3 is 10.4 Å². The van der Waals surface area contributed by atoms with Crippen LogP contribution in [0.1, 0.15) is 58.1 Å². The molecule has 0 radical (unpaired) electrons. The molecule has 1 atom stereocenters. The van der Waals surface area contributed by atoms with Gasteiger partial charge in [-0.3, -0.25) is 0 Å². The molecule has 2 nitrogen and oxygen atoms in total. The van der Waals surface area contributed by atoms with Crippen molar-refractivity contribution in [2.45, 2.75) is 52.5 Å². The summed E-state index contributed by atoms with van der Waals surface area (Å²) in [7, 11) is 0. The molecular weight excluding hydrogens is 246 g/mol. The number of aliphatic hydroxyl groups is 1. The number of benzene rings is 1. The molecular formula is C18H29NO. The van der Waals surface area contributed by atoms with Crippen LogP contribution in [0.25, 0.3) is 0 Å². The third-order valence-corrected chi connectivity index (χ3v) is 4.34. The molecule has 0 saturated heterocycles. The van der Waals surface area contributed by atoms with Crippen LogP contribution >= 0.6 is 0 Å². The summed E-state index contributed by atoms with van der Waals surface area (Å²) in [6.45, 7) is 8.24. The maximum absolute atomic E-state index is 9.18. The molecule has 20 heavy (non-hydrogen) atoms. The largest absolute Gasteiger partial charge is 0.396 e. The Balaban J connectivity index is 2.00.